The zero-order valence-corrected chi connectivity index (χ0v) is 14.3. The van der Waals surface area contributed by atoms with Gasteiger partial charge in [0.15, 0.2) is 0 Å². The first-order chi connectivity index (χ1) is 11.0. The van der Waals surface area contributed by atoms with Gasteiger partial charge in [0.05, 0.1) is 0 Å². The van der Waals surface area contributed by atoms with Gasteiger partial charge in [0.2, 0.25) is 11.8 Å². The lowest BCUT2D eigenvalue weighted by Crippen LogP contribution is -2.51. The van der Waals surface area contributed by atoms with Gasteiger partial charge in [-0.1, -0.05) is 44.2 Å². The van der Waals surface area contributed by atoms with Crippen LogP contribution in [-0.2, 0) is 9.59 Å². The van der Waals surface area contributed by atoms with E-state index in [1.165, 1.54) is 0 Å². The Morgan fingerprint density at radius 1 is 1.09 bits per heavy atom. The highest BCUT2D eigenvalue weighted by atomic mass is 16.2. The third kappa shape index (κ3) is 5.06. The van der Waals surface area contributed by atoms with E-state index in [0.717, 1.165) is 18.7 Å². The molecule has 1 N–H and O–H groups in total. The highest BCUT2D eigenvalue weighted by Crippen LogP contribution is 2.17. The molecule has 0 bridgehead atoms. The first kappa shape index (κ1) is 17.5. The topological polar surface area (TPSA) is 52.7 Å². The fourth-order valence-corrected chi connectivity index (χ4v) is 2.73. The predicted molar refractivity (Wildman–Crippen MR) is 90.9 cm³/mol. The van der Waals surface area contributed by atoms with Crippen molar-refractivity contribution in [3.8, 4) is 0 Å². The van der Waals surface area contributed by atoms with Gasteiger partial charge in [-0.2, -0.15) is 0 Å². The van der Waals surface area contributed by atoms with Gasteiger partial charge in [-0.3, -0.25) is 9.59 Å². The van der Waals surface area contributed by atoms with Gasteiger partial charge in [-0.25, -0.2) is 0 Å². The molecular formula is C18H27N3O2. The fourth-order valence-electron chi connectivity index (χ4n) is 2.73. The lowest BCUT2D eigenvalue weighted by Gasteiger charge is -2.35. The second kappa shape index (κ2) is 8.11. The fraction of sp³-hybridized carbons (Fsp3) is 0.556. The van der Waals surface area contributed by atoms with E-state index in [1.54, 1.807) is 0 Å². The van der Waals surface area contributed by atoms with Gasteiger partial charge >= 0.3 is 0 Å². The zero-order chi connectivity index (χ0) is 16.8. The molecule has 0 unspecified atom stereocenters. The molecule has 0 spiro atoms. The van der Waals surface area contributed by atoms with Crippen LogP contribution in [0.5, 0.6) is 0 Å². The Morgan fingerprint density at radius 2 is 1.70 bits per heavy atom. The summed E-state index contributed by atoms with van der Waals surface area (Å²) in [4.78, 5) is 29.2. The highest BCUT2D eigenvalue weighted by molar-refractivity contribution is 5.88. The molecule has 126 valence electrons. The molecule has 2 amide bonds. The van der Waals surface area contributed by atoms with Crippen molar-refractivity contribution in [3.05, 3.63) is 35.9 Å². The second-order valence-electron chi connectivity index (χ2n) is 6.64. The van der Waals surface area contributed by atoms with Crippen LogP contribution in [-0.4, -0.2) is 54.8 Å². The first-order valence-electron chi connectivity index (χ1n) is 8.29. The van der Waals surface area contributed by atoms with Crippen LogP contribution in [0.1, 0.15) is 31.9 Å². The van der Waals surface area contributed by atoms with Gasteiger partial charge < -0.3 is 15.1 Å². The molecule has 1 aliphatic heterocycles. The smallest absolute Gasteiger partial charge is 0.249 e. The number of nitrogens with zero attached hydrogens (tertiary/aromatic N) is 2. The Hall–Kier alpha value is -1.88. The van der Waals surface area contributed by atoms with Crippen LogP contribution < -0.4 is 5.32 Å². The van der Waals surface area contributed by atoms with E-state index in [2.05, 4.69) is 17.3 Å². The summed E-state index contributed by atoms with van der Waals surface area (Å²) in [7, 11) is 2.06. The third-order valence-corrected chi connectivity index (χ3v) is 4.09. The summed E-state index contributed by atoms with van der Waals surface area (Å²) in [6, 6.07) is 8.91. The summed E-state index contributed by atoms with van der Waals surface area (Å²) in [5.74, 6) is 0.183. The van der Waals surface area contributed by atoms with Gasteiger partial charge in [-0.15, -0.1) is 0 Å². The first-order valence-corrected chi connectivity index (χ1v) is 8.29. The van der Waals surface area contributed by atoms with E-state index in [1.807, 2.05) is 49.1 Å². The number of piperazine rings is 1. The molecular weight excluding hydrogens is 290 g/mol. The number of nitrogens with one attached hydrogen (secondary N) is 1. The SMILES string of the molecule is CC(C)CC(=O)N[C@H](C(=O)N1CCN(C)CC1)c1ccccc1. The van der Waals surface area contributed by atoms with Crippen LogP contribution in [0, 0.1) is 5.92 Å². The average molecular weight is 317 g/mol. The number of hydrogen-bond donors (Lipinski definition) is 1. The molecule has 1 saturated heterocycles. The second-order valence-corrected chi connectivity index (χ2v) is 6.64. The maximum atomic E-state index is 12.9. The van der Waals surface area contributed by atoms with Crippen molar-refractivity contribution < 1.29 is 9.59 Å². The standard InChI is InChI=1S/C18H27N3O2/c1-14(2)13-16(22)19-17(15-7-5-4-6-8-15)18(23)21-11-9-20(3)10-12-21/h4-8,14,17H,9-13H2,1-3H3,(H,19,22)/t17-/m0/s1. The van der Waals surface area contributed by atoms with Crippen molar-refractivity contribution in [1.82, 2.24) is 15.1 Å². The summed E-state index contributed by atoms with van der Waals surface area (Å²) in [5.41, 5.74) is 0.841. The molecule has 1 aromatic rings. The Labute approximate surface area is 138 Å². The maximum Gasteiger partial charge on any atom is 0.249 e. The van der Waals surface area contributed by atoms with E-state index in [9.17, 15) is 9.59 Å². The molecule has 1 aromatic carbocycles. The third-order valence-electron chi connectivity index (χ3n) is 4.09. The molecule has 1 fully saturated rings. The molecule has 5 nitrogen and oxygen atoms in total. The summed E-state index contributed by atoms with van der Waals surface area (Å²) < 4.78 is 0. The number of likely N-dealkylation sites (N-methyl/N-ethyl adjacent to an activating group) is 1. The molecule has 2 rings (SSSR count). The summed E-state index contributed by atoms with van der Waals surface area (Å²) in [6.07, 6.45) is 0.430. The minimum Gasteiger partial charge on any atom is -0.341 e. The van der Waals surface area contributed by atoms with Gasteiger partial charge in [0.25, 0.3) is 0 Å². The van der Waals surface area contributed by atoms with Crippen LogP contribution >= 0.6 is 0 Å². The molecule has 23 heavy (non-hydrogen) atoms. The van der Waals surface area contributed by atoms with Crippen molar-refractivity contribution in [3.63, 3.8) is 0 Å². The van der Waals surface area contributed by atoms with Crippen LogP contribution in [0.4, 0.5) is 0 Å². The lowest BCUT2D eigenvalue weighted by atomic mass is 10.0. The Morgan fingerprint density at radius 3 is 2.26 bits per heavy atom. The minimum atomic E-state index is -0.592. The normalized spacial score (nSPS) is 17.1. The largest absolute Gasteiger partial charge is 0.341 e. The number of amides is 2. The Bertz CT molecular complexity index is 522. The number of benzene rings is 1. The van der Waals surface area contributed by atoms with Gasteiger partial charge in [0.1, 0.15) is 6.04 Å². The zero-order valence-electron chi connectivity index (χ0n) is 14.3. The minimum absolute atomic E-state index is 0.0126. The van der Waals surface area contributed by atoms with E-state index in [4.69, 9.17) is 0 Å². The highest BCUT2D eigenvalue weighted by Gasteiger charge is 2.29. The van der Waals surface area contributed by atoms with Crippen LogP contribution in [0.25, 0.3) is 0 Å². The molecule has 1 atom stereocenters. The quantitative estimate of drug-likeness (QED) is 0.899. The maximum absolute atomic E-state index is 12.9. The summed E-state index contributed by atoms with van der Waals surface area (Å²) in [6.45, 7) is 7.15. The Kier molecular flexibility index (Phi) is 6.16. The molecule has 5 heteroatoms. The van der Waals surface area contributed by atoms with E-state index in [-0.39, 0.29) is 17.7 Å². The van der Waals surface area contributed by atoms with E-state index >= 15 is 0 Å². The number of carbonyl (C=O) groups is 2. The molecule has 0 aromatic heterocycles. The van der Waals surface area contributed by atoms with Crippen molar-refractivity contribution in [1.29, 1.82) is 0 Å². The van der Waals surface area contributed by atoms with Crippen molar-refractivity contribution in [2.75, 3.05) is 33.2 Å². The number of carbonyl (C=O) groups excluding carboxylic acids is 2. The number of rotatable bonds is 5. The molecule has 1 aliphatic rings. The summed E-state index contributed by atoms with van der Waals surface area (Å²) in [5, 5.41) is 2.93. The van der Waals surface area contributed by atoms with Crippen molar-refractivity contribution in [2.24, 2.45) is 5.92 Å². The van der Waals surface area contributed by atoms with E-state index in [0.29, 0.717) is 19.5 Å². The van der Waals surface area contributed by atoms with Crippen LogP contribution in [0.2, 0.25) is 0 Å². The van der Waals surface area contributed by atoms with E-state index < -0.39 is 6.04 Å². The molecule has 0 saturated carbocycles. The Balaban J connectivity index is 2.13. The van der Waals surface area contributed by atoms with Crippen molar-refractivity contribution in [2.45, 2.75) is 26.3 Å². The lowest BCUT2D eigenvalue weighted by molar-refractivity contribution is -0.138. The summed E-state index contributed by atoms with van der Waals surface area (Å²) >= 11 is 0. The molecule has 1 heterocycles. The van der Waals surface area contributed by atoms with Crippen LogP contribution in [0.3, 0.4) is 0 Å². The number of hydrogen-bond acceptors (Lipinski definition) is 3. The van der Waals surface area contributed by atoms with Gasteiger partial charge in [0, 0.05) is 32.6 Å². The van der Waals surface area contributed by atoms with Crippen molar-refractivity contribution >= 4 is 11.8 Å². The average Bonchev–Trinajstić information content (AvgIpc) is 2.53. The molecule has 0 aliphatic carbocycles. The predicted octanol–water partition coefficient (Wildman–Crippen LogP) is 1.66. The van der Waals surface area contributed by atoms with Crippen LogP contribution in [0.15, 0.2) is 30.3 Å². The van der Waals surface area contributed by atoms with Gasteiger partial charge in [-0.05, 0) is 18.5 Å². The monoisotopic (exact) mass is 317 g/mol. The molecule has 0 radical (unpaired) electrons.